The van der Waals surface area contributed by atoms with E-state index in [0.717, 1.165) is 32.5 Å². The van der Waals surface area contributed by atoms with Gasteiger partial charge < -0.3 is 14.8 Å². The highest BCUT2D eigenvalue weighted by atomic mass is 32.2. The Hall–Kier alpha value is -1.11. The largest absolute Gasteiger partial charge is 0.494 e. The summed E-state index contributed by atoms with van der Waals surface area (Å²) >= 11 is 0. The second-order valence-corrected chi connectivity index (χ2v) is 6.56. The van der Waals surface area contributed by atoms with Gasteiger partial charge in [0.15, 0.2) is 9.84 Å². The van der Waals surface area contributed by atoms with Crippen LogP contribution in [0.4, 0.5) is 0 Å². The van der Waals surface area contributed by atoms with Gasteiger partial charge in [-0.05, 0) is 37.6 Å². The van der Waals surface area contributed by atoms with Crippen molar-refractivity contribution in [2.45, 2.75) is 17.7 Å². The van der Waals surface area contributed by atoms with E-state index in [0.29, 0.717) is 12.4 Å². The second-order valence-electron chi connectivity index (χ2n) is 4.55. The van der Waals surface area contributed by atoms with E-state index in [1.807, 2.05) is 0 Å². The van der Waals surface area contributed by atoms with Crippen molar-refractivity contribution >= 4 is 9.84 Å². The maximum Gasteiger partial charge on any atom is 0.175 e. The fourth-order valence-electron chi connectivity index (χ4n) is 1.64. The van der Waals surface area contributed by atoms with Crippen molar-refractivity contribution in [1.82, 2.24) is 5.32 Å². The molecule has 0 unspecified atom stereocenters. The zero-order valence-corrected chi connectivity index (χ0v) is 12.9. The first-order valence-electron chi connectivity index (χ1n) is 6.66. The summed E-state index contributed by atoms with van der Waals surface area (Å²) in [6.07, 6.45) is 3.12. The molecule has 0 fully saturated rings. The summed E-state index contributed by atoms with van der Waals surface area (Å²) in [6.45, 7) is 3.08. The van der Waals surface area contributed by atoms with Crippen molar-refractivity contribution in [3.8, 4) is 5.75 Å². The second kappa shape index (κ2) is 8.94. The molecule has 20 heavy (non-hydrogen) atoms. The van der Waals surface area contributed by atoms with E-state index in [4.69, 9.17) is 9.47 Å². The molecule has 0 saturated carbocycles. The van der Waals surface area contributed by atoms with Crippen LogP contribution < -0.4 is 10.1 Å². The molecule has 114 valence electrons. The summed E-state index contributed by atoms with van der Waals surface area (Å²) in [7, 11) is -1.49. The van der Waals surface area contributed by atoms with Gasteiger partial charge in [-0.3, -0.25) is 0 Å². The molecule has 0 spiro atoms. The molecule has 0 heterocycles. The van der Waals surface area contributed by atoms with E-state index in [-0.39, 0.29) is 4.90 Å². The Morgan fingerprint density at radius 3 is 2.65 bits per heavy atom. The predicted octanol–water partition coefficient (Wildman–Crippen LogP) is 1.49. The molecule has 0 aromatic heterocycles. The van der Waals surface area contributed by atoms with E-state index in [1.165, 1.54) is 6.26 Å². The van der Waals surface area contributed by atoms with E-state index >= 15 is 0 Å². The van der Waals surface area contributed by atoms with E-state index in [1.54, 1.807) is 31.4 Å². The maximum absolute atomic E-state index is 11.4. The van der Waals surface area contributed by atoms with Crippen LogP contribution in [0, 0.1) is 0 Å². The summed E-state index contributed by atoms with van der Waals surface area (Å²) in [5.41, 5.74) is 0. The van der Waals surface area contributed by atoms with Crippen molar-refractivity contribution in [2.75, 3.05) is 39.7 Å². The van der Waals surface area contributed by atoms with Crippen molar-refractivity contribution < 1.29 is 17.9 Å². The van der Waals surface area contributed by atoms with Gasteiger partial charge in [0.25, 0.3) is 0 Å². The first-order chi connectivity index (χ1) is 9.54. The fourth-order valence-corrected chi connectivity index (χ4v) is 2.29. The van der Waals surface area contributed by atoms with E-state index < -0.39 is 9.84 Å². The van der Waals surface area contributed by atoms with Gasteiger partial charge in [0, 0.05) is 19.9 Å². The number of hydrogen-bond acceptors (Lipinski definition) is 5. The third-order valence-corrected chi connectivity index (χ3v) is 3.84. The van der Waals surface area contributed by atoms with Crippen molar-refractivity contribution in [2.24, 2.45) is 0 Å². The van der Waals surface area contributed by atoms with Crippen LogP contribution in [0.2, 0.25) is 0 Å². The Balaban J connectivity index is 2.22. The summed E-state index contributed by atoms with van der Waals surface area (Å²) in [5, 5.41) is 3.25. The molecular weight excluding hydrogens is 278 g/mol. The SMILES string of the molecule is COCCNCCCCOc1cccc(S(C)(=O)=O)c1. The summed E-state index contributed by atoms with van der Waals surface area (Å²) in [6, 6.07) is 6.59. The normalized spacial score (nSPS) is 11.5. The Morgan fingerprint density at radius 2 is 1.95 bits per heavy atom. The van der Waals surface area contributed by atoms with Gasteiger partial charge >= 0.3 is 0 Å². The fraction of sp³-hybridized carbons (Fsp3) is 0.571. The molecule has 0 aliphatic carbocycles. The molecular formula is C14H23NO4S. The molecule has 0 bridgehead atoms. The van der Waals surface area contributed by atoms with Gasteiger partial charge in [-0.25, -0.2) is 8.42 Å². The van der Waals surface area contributed by atoms with Gasteiger partial charge in [0.05, 0.1) is 18.1 Å². The first kappa shape index (κ1) is 16.9. The standard InChI is InChI=1S/C14H23NO4S/c1-18-11-9-15-8-3-4-10-19-13-6-5-7-14(12-13)20(2,16)17/h5-7,12,15H,3-4,8-11H2,1-2H3. The summed E-state index contributed by atoms with van der Waals surface area (Å²) < 4.78 is 33.3. The number of methoxy groups -OCH3 is 1. The third-order valence-electron chi connectivity index (χ3n) is 2.73. The van der Waals surface area contributed by atoms with E-state index in [9.17, 15) is 8.42 Å². The first-order valence-corrected chi connectivity index (χ1v) is 8.56. The molecule has 6 heteroatoms. The summed E-state index contributed by atoms with van der Waals surface area (Å²) in [5.74, 6) is 0.597. The molecule has 0 atom stereocenters. The number of ether oxygens (including phenoxy) is 2. The molecule has 1 aromatic carbocycles. The minimum absolute atomic E-state index is 0.288. The lowest BCUT2D eigenvalue weighted by atomic mass is 10.3. The highest BCUT2D eigenvalue weighted by Gasteiger charge is 2.07. The number of benzene rings is 1. The Kier molecular flexibility index (Phi) is 7.58. The van der Waals surface area contributed by atoms with Crippen LogP contribution >= 0.6 is 0 Å². The molecule has 1 rings (SSSR count). The molecule has 0 radical (unpaired) electrons. The Bertz CT molecular complexity index is 488. The quantitative estimate of drug-likeness (QED) is 0.663. The highest BCUT2D eigenvalue weighted by Crippen LogP contribution is 2.17. The maximum atomic E-state index is 11.4. The number of rotatable bonds is 10. The van der Waals surface area contributed by atoms with Crippen LogP contribution in [0.25, 0.3) is 0 Å². The molecule has 5 nitrogen and oxygen atoms in total. The summed E-state index contributed by atoms with van der Waals surface area (Å²) in [4.78, 5) is 0.288. The molecule has 0 aliphatic heterocycles. The van der Waals surface area contributed by atoms with Crippen LogP contribution in [0.15, 0.2) is 29.2 Å². The number of hydrogen-bond donors (Lipinski definition) is 1. The van der Waals surface area contributed by atoms with Crippen LogP contribution in [0.1, 0.15) is 12.8 Å². The van der Waals surface area contributed by atoms with Crippen LogP contribution in [0.5, 0.6) is 5.75 Å². The van der Waals surface area contributed by atoms with Gasteiger partial charge in [0.1, 0.15) is 5.75 Å². The van der Waals surface area contributed by atoms with Crippen LogP contribution in [0.3, 0.4) is 0 Å². The smallest absolute Gasteiger partial charge is 0.175 e. The lowest BCUT2D eigenvalue weighted by Crippen LogP contribution is -2.20. The molecule has 1 N–H and O–H groups in total. The van der Waals surface area contributed by atoms with Crippen molar-refractivity contribution in [3.63, 3.8) is 0 Å². The Labute approximate surface area is 121 Å². The minimum atomic E-state index is -3.18. The molecule has 1 aromatic rings. The Morgan fingerprint density at radius 1 is 1.15 bits per heavy atom. The average Bonchev–Trinajstić information content (AvgIpc) is 2.41. The van der Waals surface area contributed by atoms with Crippen molar-refractivity contribution in [1.29, 1.82) is 0 Å². The highest BCUT2D eigenvalue weighted by molar-refractivity contribution is 7.90. The number of unbranched alkanes of at least 4 members (excludes halogenated alkanes) is 1. The van der Waals surface area contributed by atoms with Gasteiger partial charge in [0.2, 0.25) is 0 Å². The van der Waals surface area contributed by atoms with Crippen molar-refractivity contribution in [3.05, 3.63) is 24.3 Å². The van der Waals surface area contributed by atoms with Gasteiger partial charge in [-0.1, -0.05) is 6.07 Å². The zero-order chi connectivity index (χ0) is 14.8. The topological polar surface area (TPSA) is 64.6 Å². The minimum Gasteiger partial charge on any atom is -0.494 e. The molecule has 0 amide bonds. The third kappa shape index (κ3) is 6.88. The molecule has 0 aliphatic rings. The predicted molar refractivity (Wildman–Crippen MR) is 79.0 cm³/mol. The zero-order valence-electron chi connectivity index (χ0n) is 12.1. The van der Waals surface area contributed by atoms with E-state index in [2.05, 4.69) is 5.32 Å². The van der Waals surface area contributed by atoms with Crippen LogP contribution in [-0.2, 0) is 14.6 Å². The van der Waals surface area contributed by atoms with Gasteiger partial charge in [-0.2, -0.15) is 0 Å². The average molecular weight is 301 g/mol. The monoisotopic (exact) mass is 301 g/mol. The lowest BCUT2D eigenvalue weighted by Gasteiger charge is -2.08. The number of sulfone groups is 1. The van der Waals surface area contributed by atoms with Gasteiger partial charge in [-0.15, -0.1) is 0 Å². The lowest BCUT2D eigenvalue weighted by molar-refractivity contribution is 0.199. The van der Waals surface area contributed by atoms with Crippen LogP contribution in [-0.4, -0.2) is 48.1 Å². The number of nitrogens with one attached hydrogen (secondary N) is 1. The molecule has 0 saturated heterocycles.